The first kappa shape index (κ1) is 21.3. The third-order valence-corrected chi connectivity index (χ3v) is 6.26. The molecular weight excluding hydrogens is 419 g/mol. The van der Waals surface area contributed by atoms with Crippen molar-refractivity contribution in [2.45, 2.75) is 19.4 Å². The number of morpholine rings is 1. The van der Waals surface area contributed by atoms with Crippen LogP contribution < -0.4 is 4.90 Å². The summed E-state index contributed by atoms with van der Waals surface area (Å²) in [4.78, 5) is 20.8. The van der Waals surface area contributed by atoms with Crippen LogP contribution in [-0.4, -0.2) is 65.5 Å². The van der Waals surface area contributed by atoms with E-state index < -0.39 is 0 Å². The van der Waals surface area contributed by atoms with Gasteiger partial charge in [-0.25, -0.2) is 14.4 Å². The molecule has 7 nitrogen and oxygen atoms in total. The summed E-state index contributed by atoms with van der Waals surface area (Å²) in [6.45, 7) is 9.12. The second kappa shape index (κ2) is 9.15. The van der Waals surface area contributed by atoms with Crippen LogP contribution in [0.5, 0.6) is 0 Å². The van der Waals surface area contributed by atoms with Gasteiger partial charge >= 0.3 is 0 Å². The molecule has 0 aromatic carbocycles. The Morgan fingerprint density at radius 2 is 2.12 bits per heavy atom. The fraction of sp³-hybridized carbons (Fsp3) is 0.320. The molecule has 0 spiro atoms. The van der Waals surface area contributed by atoms with E-state index in [9.17, 15) is 0 Å². The van der Waals surface area contributed by atoms with Gasteiger partial charge in [-0.2, -0.15) is 0 Å². The van der Waals surface area contributed by atoms with Crippen molar-refractivity contribution in [3.05, 3.63) is 60.3 Å². The van der Waals surface area contributed by atoms with Crippen molar-refractivity contribution < 1.29 is 9.13 Å². The van der Waals surface area contributed by atoms with Crippen LogP contribution in [0.15, 0.2) is 65.3 Å². The van der Waals surface area contributed by atoms with E-state index in [1.54, 1.807) is 12.3 Å². The maximum Gasteiger partial charge on any atom is 0.155 e. The van der Waals surface area contributed by atoms with Crippen molar-refractivity contribution in [3.63, 3.8) is 0 Å². The number of allylic oxidation sites excluding steroid dienone is 1. The van der Waals surface area contributed by atoms with Crippen LogP contribution >= 0.6 is 0 Å². The zero-order valence-corrected chi connectivity index (χ0v) is 18.7. The Kier molecular flexibility index (Phi) is 5.92. The number of likely N-dealkylation sites (N-methyl/N-ethyl adjacent to an activating group) is 1. The molecule has 3 aromatic rings. The number of hydrogen-bond donors (Lipinski definition) is 1. The first-order valence-electron chi connectivity index (χ1n) is 11.3. The van der Waals surface area contributed by atoms with Gasteiger partial charge in [0.15, 0.2) is 5.82 Å². The fourth-order valence-corrected chi connectivity index (χ4v) is 4.61. The minimum absolute atomic E-state index is 0.159. The van der Waals surface area contributed by atoms with Crippen LogP contribution in [0.2, 0.25) is 0 Å². The summed E-state index contributed by atoms with van der Waals surface area (Å²) in [6.07, 6.45) is 8.02. The second-order valence-electron chi connectivity index (χ2n) is 8.09. The molecule has 1 atom stereocenters. The minimum atomic E-state index is -0.195. The summed E-state index contributed by atoms with van der Waals surface area (Å²) >= 11 is 0. The Hall–Kier alpha value is -3.52. The highest BCUT2D eigenvalue weighted by atomic mass is 19.1. The third kappa shape index (κ3) is 4.02. The molecule has 1 fully saturated rings. The van der Waals surface area contributed by atoms with E-state index >= 15 is 4.39 Å². The van der Waals surface area contributed by atoms with Crippen LogP contribution in [0.4, 0.5) is 15.9 Å². The Labute approximate surface area is 192 Å². The number of aromatic amines is 1. The van der Waals surface area contributed by atoms with Gasteiger partial charge < -0.3 is 19.5 Å². The topological polar surface area (TPSA) is 69.6 Å². The molecule has 3 aromatic heterocycles. The monoisotopic (exact) mass is 446 g/mol. The number of pyridine rings is 2. The molecule has 1 unspecified atom stereocenters. The average Bonchev–Trinajstić information content (AvgIpc) is 3.34. The van der Waals surface area contributed by atoms with Crippen molar-refractivity contribution >= 4 is 29.3 Å². The molecule has 0 bridgehead atoms. The predicted octanol–water partition coefficient (Wildman–Crippen LogP) is 4.63. The molecule has 2 aliphatic rings. The molecule has 0 radical (unpaired) electrons. The van der Waals surface area contributed by atoms with Gasteiger partial charge in [0.1, 0.15) is 17.2 Å². The molecule has 1 N–H and O–H groups in total. The van der Waals surface area contributed by atoms with Crippen molar-refractivity contribution in [1.82, 2.24) is 19.9 Å². The lowest BCUT2D eigenvalue weighted by atomic mass is 10.0. The van der Waals surface area contributed by atoms with Gasteiger partial charge in [0.25, 0.3) is 0 Å². The summed E-state index contributed by atoms with van der Waals surface area (Å²) in [7, 11) is 0. The number of rotatable bonds is 6. The van der Waals surface area contributed by atoms with Crippen LogP contribution in [0.25, 0.3) is 22.3 Å². The zero-order chi connectivity index (χ0) is 22.8. The molecular formula is C25H27FN6O. The van der Waals surface area contributed by atoms with Gasteiger partial charge in [0.05, 0.1) is 30.6 Å². The lowest BCUT2D eigenvalue weighted by Gasteiger charge is -2.36. The van der Waals surface area contributed by atoms with Crippen molar-refractivity contribution in [2.24, 2.45) is 4.99 Å². The van der Waals surface area contributed by atoms with Crippen LogP contribution in [-0.2, 0) is 4.74 Å². The van der Waals surface area contributed by atoms with Gasteiger partial charge in [0, 0.05) is 43.0 Å². The van der Waals surface area contributed by atoms with Gasteiger partial charge in [-0.15, -0.1) is 0 Å². The number of aliphatic imine (C=N–C) groups is 1. The zero-order valence-electron chi connectivity index (χ0n) is 18.7. The summed E-state index contributed by atoms with van der Waals surface area (Å²) in [5.41, 5.74) is 3.95. The number of hydrogen-bond acceptors (Lipinski definition) is 6. The maximum atomic E-state index is 15.2. The van der Waals surface area contributed by atoms with Crippen LogP contribution in [0.1, 0.15) is 13.3 Å². The number of fused-ring (bicyclic) bond motifs is 1. The van der Waals surface area contributed by atoms with E-state index in [1.165, 1.54) is 0 Å². The van der Waals surface area contributed by atoms with Crippen LogP contribution in [0, 0.1) is 0 Å². The summed E-state index contributed by atoms with van der Waals surface area (Å²) in [5, 5.41) is 1.00. The number of aromatic nitrogens is 3. The van der Waals surface area contributed by atoms with Crippen molar-refractivity contribution in [1.29, 1.82) is 0 Å². The van der Waals surface area contributed by atoms with E-state index in [0.29, 0.717) is 56.5 Å². The molecule has 1 aliphatic heterocycles. The molecule has 8 heteroatoms. The van der Waals surface area contributed by atoms with Crippen molar-refractivity contribution in [2.75, 3.05) is 37.7 Å². The first-order valence-corrected chi connectivity index (χ1v) is 11.3. The van der Waals surface area contributed by atoms with Gasteiger partial charge in [-0.1, -0.05) is 6.08 Å². The number of anilines is 1. The summed E-state index contributed by atoms with van der Waals surface area (Å²) in [6, 6.07) is 7.65. The molecule has 0 amide bonds. The smallest absolute Gasteiger partial charge is 0.155 e. The number of nitrogens with one attached hydrogen (secondary N) is 1. The number of H-pyrrole nitrogens is 1. The number of nitrogens with zero attached hydrogens (tertiary/aromatic N) is 5. The normalized spacial score (nSPS) is 18.7. The van der Waals surface area contributed by atoms with E-state index in [2.05, 4.69) is 31.5 Å². The van der Waals surface area contributed by atoms with E-state index in [4.69, 9.17) is 9.72 Å². The highest BCUT2D eigenvalue weighted by Gasteiger charge is 2.27. The quantitative estimate of drug-likeness (QED) is 0.560. The molecule has 0 saturated carbocycles. The fourth-order valence-electron chi connectivity index (χ4n) is 4.61. The molecule has 33 heavy (non-hydrogen) atoms. The lowest BCUT2D eigenvalue weighted by molar-refractivity contribution is 0.0531. The SMILES string of the molecule is C=Nc1ccc(-c2ccnc3[nH]ccc23)nc1N(CC)C1C=C(F)C(N2CCOCC2)=CC1. The van der Waals surface area contributed by atoms with Gasteiger partial charge in [-0.05, 0) is 50.4 Å². The molecule has 4 heterocycles. The lowest BCUT2D eigenvalue weighted by Crippen LogP contribution is -2.39. The van der Waals surface area contributed by atoms with E-state index in [1.807, 2.05) is 43.5 Å². The first-order chi connectivity index (χ1) is 16.2. The van der Waals surface area contributed by atoms with Crippen LogP contribution in [0.3, 0.4) is 0 Å². The Balaban J connectivity index is 1.48. The second-order valence-corrected chi connectivity index (χ2v) is 8.09. The summed E-state index contributed by atoms with van der Waals surface area (Å²) < 4.78 is 20.6. The van der Waals surface area contributed by atoms with E-state index in [-0.39, 0.29) is 11.9 Å². The number of ether oxygens (including phenoxy) is 1. The highest BCUT2D eigenvalue weighted by Crippen LogP contribution is 2.35. The largest absolute Gasteiger partial charge is 0.378 e. The number of halogens is 1. The molecule has 5 rings (SSSR count). The standard InChI is InChI=1S/C25H27FN6O/c1-3-32(17-4-7-23(20(26)16-17)31-12-14-33-15-13-31)25-22(27-2)6-5-21(30-25)18-8-10-28-24-19(18)9-11-29-24/h5-11,16-17H,2-4,12-15H2,1H3,(H,28,29). The third-order valence-electron chi connectivity index (χ3n) is 6.26. The molecule has 1 aliphatic carbocycles. The minimum Gasteiger partial charge on any atom is -0.378 e. The Bertz CT molecular complexity index is 1230. The van der Waals surface area contributed by atoms with Gasteiger partial charge in [0.2, 0.25) is 0 Å². The average molecular weight is 447 g/mol. The van der Waals surface area contributed by atoms with E-state index in [0.717, 1.165) is 22.3 Å². The molecule has 1 saturated heterocycles. The Morgan fingerprint density at radius 3 is 2.88 bits per heavy atom. The van der Waals surface area contributed by atoms with Crippen molar-refractivity contribution in [3.8, 4) is 11.3 Å². The molecule has 170 valence electrons. The maximum absolute atomic E-state index is 15.2. The predicted molar refractivity (Wildman–Crippen MR) is 130 cm³/mol. The Morgan fingerprint density at radius 1 is 1.27 bits per heavy atom. The highest BCUT2D eigenvalue weighted by molar-refractivity contribution is 5.92. The summed E-state index contributed by atoms with van der Waals surface area (Å²) in [5.74, 6) is 0.502. The van der Waals surface area contributed by atoms with Gasteiger partial charge in [-0.3, -0.25) is 4.99 Å².